The first-order valence-electron chi connectivity index (χ1n) is 15.8. The van der Waals surface area contributed by atoms with Gasteiger partial charge >= 0.3 is 5.97 Å². The molecular weight excluding hydrogens is 546 g/mol. The van der Waals surface area contributed by atoms with E-state index in [2.05, 4.69) is 0 Å². The molecule has 0 spiro atoms. The number of esters is 1. The van der Waals surface area contributed by atoms with Crippen molar-refractivity contribution in [1.82, 2.24) is 14.9 Å². The maximum Gasteiger partial charge on any atom is 0.307 e. The smallest absolute Gasteiger partial charge is 0.307 e. The average molecular weight is 594 g/mol. The third-order valence-electron chi connectivity index (χ3n) is 10.3. The van der Waals surface area contributed by atoms with E-state index in [1.165, 1.54) is 0 Å². The molecule has 9 heteroatoms. The number of methoxy groups -OCH3 is 1. The minimum atomic E-state index is -0.708. The fraction of sp³-hybridized carbons (Fsp3) is 0.676. The minimum absolute atomic E-state index is 0.0246. The van der Waals surface area contributed by atoms with Gasteiger partial charge < -0.3 is 23.9 Å². The lowest BCUT2D eigenvalue weighted by Gasteiger charge is -2.36. The number of ether oxygens (including phenoxy) is 3. The molecule has 2 fully saturated rings. The Morgan fingerprint density at radius 2 is 1.88 bits per heavy atom. The molecule has 2 aromatic rings. The van der Waals surface area contributed by atoms with Crippen LogP contribution in [0.5, 0.6) is 11.6 Å². The van der Waals surface area contributed by atoms with Gasteiger partial charge in [0.1, 0.15) is 29.4 Å². The van der Waals surface area contributed by atoms with E-state index < -0.39 is 34.5 Å². The Morgan fingerprint density at radius 3 is 2.56 bits per heavy atom. The van der Waals surface area contributed by atoms with Gasteiger partial charge in [-0.3, -0.25) is 9.59 Å². The number of amides is 1. The van der Waals surface area contributed by atoms with E-state index in [4.69, 9.17) is 24.2 Å². The molecule has 9 nitrogen and oxygen atoms in total. The molecular formula is C34H47N3O6. The summed E-state index contributed by atoms with van der Waals surface area (Å²) in [5.74, 6) is 0.233. The highest BCUT2D eigenvalue weighted by molar-refractivity contribution is 5.87. The van der Waals surface area contributed by atoms with Crippen molar-refractivity contribution in [3.8, 4) is 11.6 Å². The van der Waals surface area contributed by atoms with Gasteiger partial charge in [-0.2, -0.15) is 0 Å². The molecule has 234 valence electrons. The SMILES string of the molecule is CC[C@]1(C)[C@@H]2CN(C(=O)[C@H](C(C)(C)C)CC(=O)O[C@]3(C)C[C@H]3CCCCCc3nc4ccc(OC)cc4nc3O2)[C@@H]1C=O. The van der Waals surface area contributed by atoms with Crippen molar-refractivity contribution < 1.29 is 28.6 Å². The maximum absolute atomic E-state index is 14.3. The van der Waals surface area contributed by atoms with E-state index in [1.807, 2.05) is 59.7 Å². The fourth-order valence-corrected chi connectivity index (χ4v) is 6.94. The van der Waals surface area contributed by atoms with Crippen molar-refractivity contribution in [2.24, 2.45) is 22.7 Å². The molecule has 6 atom stereocenters. The third kappa shape index (κ3) is 6.09. The molecule has 1 saturated heterocycles. The van der Waals surface area contributed by atoms with E-state index in [0.717, 1.165) is 49.6 Å². The summed E-state index contributed by atoms with van der Waals surface area (Å²) in [5.41, 5.74) is 0.552. The second-order valence-corrected chi connectivity index (χ2v) is 14.3. The van der Waals surface area contributed by atoms with Crippen molar-refractivity contribution in [2.75, 3.05) is 13.7 Å². The number of aromatic nitrogens is 2. The Kier molecular flexibility index (Phi) is 8.49. The van der Waals surface area contributed by atoms with Crippen LogP contribution in [0.2, 0.25) is 0 Å². The van der Waals surface area contributed by atoms with Gasteiger partial charge in [-0.25, -0.2) is 9.97 Å². The van der Waals surface area contributed by atoms with E-state index in [9.17, 15) is 14.4 Å². The number of fused-ring (bicyclic) bond motifs is 5. The van der Waals surface area contributed by atoms with Crippen LogP contribution >= 0.6 is 0 Å². The predicted molar refractivity (Wildman–Crippen MR) is 163 cm³/mol. The molecule has 0 unspecified atom stereocenters. The molecule has 1 saturated carbocycles. The lowest BCUT2D eigenvalue weighted by Crippen LogP contribution is -2.48. The third-order valence-corrected chi connectivity index (χ3v) is 10.3. The van der Waals surface area contributed by atoms with Gasteiger partial charge in [-0.1, -0.05) is 47.5 Å². The zero-order chi connectivity index (χ0) is 31.2. The molecule has 1 aromatic heterocycles. The molecule has 3 heterocycles. The van der Waals surface area contributed by atoms with Crippen LogP contribution in [0, 0.1) is 22.7 Å². The second kappa shape index (κ2) is 11.7. The van der Waals surface area contributed by atoms with Crippen molar-refractivity contribution in [3.63, 3.8) is 0 Å². The fourth-order valence-electron chi connectivity index (χ4n) is 6.94. The van der Waals surface area contributed by atoms with Gasteiger partial charge in [0, 0.05) is 17.4 Å². The number of aryl methyl sites for hydroxylation is 1. The topological polar surface area (TPSA) is 108 Å². The summed E-state index contributed by atoms with van der Waals surface area (Å²) in [7, 11) is 1.62. The van der Waals surface area contributed by atoms with Crippen molar-refractivity contribution in [3.05, 3.63) is 23.9 Å². The van der Waals surface area contributed by atoms with Crippen LogP contribution in [0.3, 0.4) is 0 Å². The lowest BCUT2D eigenvalue weighted by molar-refractivity contribution is -0.158. The Hall–Kier alpha value is -3.23. The van der Waals surface area contributed by atoms with E-state index >= 15 is 0 Å². The number of rotatable bonds is 3. The molecule has 43 heavy (non-hydrogen) atoms. The van der Waals surface area contributed by atoms with Crippen LogP contribution in [0.1, 0.15) is 92.2 Å². The summed E-state index contributed by atoms with van der Waals surface area (Å²) in [6, 6.07) is 4.91. The molecule has 5 rings (SSSR count). The molecule has 1 amide bonds. The van der Waals surface area contributed by atoms with Crippen LogP contribution in [-0.4, -0.2) is 64.4 Å². The summed E-state index contributed by atoms with van der Waals surface area (Å²) in [6.07, 6.45) is 6.44. The monoisotopic (exact) mass is 593 g/mol. The highest BCUT2D eigenvalue weighted by Crippen LogP contribution is 2.50. The first kappa shape index (κ1) is 31.2. The highest BCUT2D eigenvalue weighted by atomic mass is 16.6. The van der Waals surface area contributed by atoms with Gasteiger partial charge in [0.2, 0.25) is 11.8 Å². The maximum atomic E-state index is 14.3. The van der Waals surface area contributed by atoms with Gasteiger partial charge in [-0.05, 0) is 56.6 Å². The molecule has 0 radical (unpaired) electrons. The highest BCUT2D eigenvalue weighted by Gasteiger charge is 2.56. The summed E-state index contributed by atoms with van der Waals surface area (Å²) in [5, 5.41) is 0. The normalized spacial score (nSPS) is 32.1. The Balaban J connectivity index is 1.56. The number of hydrogen-bond donors (Lipinski definition) is 0. The molecule has 1 aromatic carbocycles. The molecule has 0 N–H and O–H groups in total. The molecule has 3 aliphatic rings. The summed E-state index contributed by atoms with van der Waals surface area (Å²) in [6.45, 7) is 12.1. The predicted octanol–water partition coefficient (Wildman–Crippen LogP) is 5.70. The molecule has 2 bridgehead atoms. The van der Waals surface area contributed by atoms with Gasteiger partial charge in [-0.15, -0.1) is 0 Å². The number of carbonyl (C=O) groups is 3. The largest absolute Gasteiger partial charge is 0.497 e. The van der Waals surface area contributed by atoms with Crippen molar-refractivity contribution >= 4 is 29.2 Å². The summed E-state index contributed by atoms with van der Waals surface area (Å²) >= 11 is 0. The quantitative estimate of drug-likeness (QED) is 0.329. The minimum Gasteiger partial charge on any atom is -0.497 e. The van der Waals surface area contributed by atoms with E-state index in [1.54, 1.807) is 12.0 Å². The number of hydrogen-bond acceptors (Lipinski definition) is 8. The zero-order valence-corrected chi connectivity index (χ0v) is 26.8. The molecule has 2 aliphatic heterocycles. The Labute approximate surface area is 255 Å². The second-order valence-electron chi connectivity index (χ2n) is 14.3. The number of nitrogens with zero attached hydrogens (tertiary/aromatic N) is 3. The first-order valence-corrected chi connectivity index (χ1v) is 15.8. The van der Waals surface area contributed by atoms with Crippen LogP contribution in [-0.2, 0) is 25.5 Å². The average Bonchev–Trinajstić information content (AvgIpc) is 3.50. The number of carbonyl (C=O) groups excluding carboxylic acids is 3. The van der Waals surface area contributed by atoms with Crippen LogP contribution < -0.4 is 9.47 Å². The van der Waals surface area contributed by atoms with Gasteiger partial charge in [0.15, 0.2) is 0 Å². The number of benzene rings is 1. The first-order chi connectivity index (χ1) is 20.3. The lowest BCUT2D eigenvalue weighted by atomic mass is 9.76. The molecule has 1 aliphatic carbocycles. The van der Waals surface area contributed by atoms with Crippen LogP contribution in [0.25, 0.3) is 11.0 Å². The summed E-state index contributed by atoms with van der Waals surface area (Å²) < 4.78 is 18.1. The van der Waals surface area contributed by atoms with E-state index in [0.29, 0.717) is 35.9 Å². The zero-order valence-electron chi connectivity index (χ0n) is 26.8. The van der Waals surface area contributed by atoms with Crippen LogP contribution in [0.4, 0.5) is 0 Å². The van der Waals surface area contributed by atoms with Gasteiger partial charge in [0.05, 0.1) is 43.1 Å². The Bertz CT molecular complexity index is 1390. The van der Waals surface area contributed by atoms with E-state index in [-0.39, 0.29) is 24.8 Å². The standard InChI is InChI=1S/C34H47N3O6/c1-8-33(5)27(20-38)37-19-28(33)42-30-25(35-24-15-14-22(41-7)16-26(24)36-30)13-11-9-10-12-21-18-34(21,6)43-29(39)17-23(31(37)40)32(2,3)4/h14-16,20-21,23,27-28H,8-13,17-19H2,1-7H3/t21-,23-,27-,28+,33+,34-/m1/s1. The number of aldehydes is 1. The summed E-state index contributed by atoms with van der Waals surface area (Å²) in [4.78, 5) is 51.7. The van der Waals surface area contributed by atoms with Gasteiger partial charge in [0.25, 0.3) is 0 Å². The Morgan fingerprint density at radius 1 is 1.12 bits per heavy atom. The van der Waals surface area contributed by atoms with Crippen molar-refractivity contribution in [1.29, 1.82) is 0 Å². The van der Waals surface area contributed by atoms with Crippen LogP contribution in [0.15, 0.2) is 18.2 Å². The van der Waals surface area contributed by atoms with Crippen molar-refractivity contribution in [2.45, 2.75) is 111 Å².